The van der Waals surface area contributed by atoms with E-state index in [1.54, 1.807) is 24.4 Å². The van der Waals surface area contributed by atoms with Crippen molar-refractivity contribution in [3.63, 3.8) is 0 Å². The zero-order valence-corrected chi connectivity index (χ0v) is 23.6. The molecule has 1 aliphatic heterocycles. The van der Waals surface area contributed by atoms with Crippen LogP contribution >= 0.6 is 0 Å². The number of carbonyl (C=O) groups excluding carboxylic acids is 1. The van der Waals surface area contributed by atoms with Crippen molar-refractivity contribution in [2.45, 2.75) is 26.7 Å². The molecule has 212 valence electrons. The van der Waals surface area contributed by atoms with Crippen molar-refractivity contribution in [1.82, 2.24) is 24.8 Å². The molecule has 1 aliphatic rings. The minimum Gasteiger partial charge on any atom is -0.438 e. The molecule has 0 radical (unpaired) electrons. The number of hydrogen-bond acceptors (Lipinski definition) is 9. The summed E-state index contributed by atoms with van der Waals surface area (Å²) in [6.07, 6.45) is 3.12. The van der Waals surface area contributed by atoms with Crippen LogP contribution in [0.3, 0.4) is 0 Å². The van der Waals surface area contributed by atoms with E-state index in [1.165, 1.54) is 6.33 Å². The number of nitrogens with zero attached hydrogens (tertiary/aromatic N) is 5. The molecule has 10 nitrogen and oxygen atoms in total. The van der Waals surface area contributed by atoms with Crippen molar-refractivity contribution < 1.29 is 14.3 Å². The van der Waals surface area contributed by atoms with Gasteiger partial charge in [-0.05, 0) is 60.4 Å². The van der Waals surface area contributed by atoms with Crippen LogP contribution < -0.4 is 15.4 Å². The monoisotopic (exact) mass is 553 g/mol. The molecule has 2 N–H and O–H groups in total. The third-order valence-corrected chi connectivity index (χ3v) is 6.87. The zero-order valence-electron chi connectivity index (χ0n) is 23.6. The van der Waals surface area contributed by atoms with E-state index in [9.17, 15) is 4.79 Å². The lowest BCUT2D eigenvalue weighted by Crippen LogP contribution is -2.39. The molecule has 0 aliphatic carbocycles. The Morgan fingerprint density at radius 3 is 2.73 bits per heavy atom. The molecule has 3 heterocycles. The van der Waals surface area contributed by atoms with Gasteiger partial charge >= 0.3 is 0 Å². The molecule has 41 heavy (non-hydrogen) atoms. The van der Waals surface area contributed by atoms with Gasteiger partial charge in [-0.3, -0.25) is 9.69 Å². The van der Waals surface area contributed by atoms with Crippen LogP contribution in [0.2, 0.25) is 0 Å². The fourth-order valence-corrected chi connectivity index (χ4v) is 4.44. The number of benzene rings is 2. The van der Waals surface area contributed by atoms with Crippen molar-refractivity contribution in [3.8, 4) is 23.0 Å². The Morgan fingerprint density at radius 1 is 1.05 bits per heavy atom. The summed E-state index contributed by atoms with van der Waals surface area (Å²) >= 11 is 0. The number of hydrogen-bond donors (Lipinski definition) is 2. The number of carbonyl (C=O) groups is 1. The second kappa shape index (κ2) is 13.3. The van der Waals surface area contributed by atoms with E-state index in [0.717, 1.165) is 49.7 Å². The van der Waals surface area contributed by atoms with Crippen LogP contribution in [0.1, 0.15) is 41.3 Å². The summed E-state index contributed by atoms with van der Waals surface area (Å²) < 4.78 is 11.7. The van der Waals surface area contributed by atoms with Gasteiger partial charge in [0.2, 0.25) is 11.8 Å². The van der Waals surface area contributed by atoms with Gasteiger partial charge in [-0.1, -0.05) is 32.0 Å². The van der Waals surface area contributed by atoms with Crippen LogP contribution in [-0.4, -0.2) is 70.1 Å². The number of nitrogens with one attached hydrogen (secondary N) is 2. The number of anilines is 2. The van der Waals surface area contributed by atoms with Gasteiger partial charge in [-0.2, -0.15) is 4.98 Å². The molecule has 4 aromatic rings. The second-order valence-electron chi connectivity index (χ2n) is 10.2. The molecular weight excluding hydrogens is 518 g/mol. The van der Waals surface area contributed by atoms with Crippen molar-refractivity contribution in [2.24, 2.45) is 0 Å². The molecule has 1 fully saturated rings. The summed E-state index contributed by atoms with van der Waals surface area (Å²) in [6, 6.07) is 16.9. The normalized spacial score (nSPS) is 13.7. The third-order valence-electron chi connectivity index (χ3n) is 6.87. The number of rotatable bonds is 10. The summed E-state index contributed by atoms with van der Waals surface area (Å²) in [5.41, 5.74) is 3.87. The van der Waals surface area contributed by atoms with Crippen LogP contribution in [-0.2, 0) is 4.74 Å². The number of pyridine rings is 1. The quantitative estimate of drug-likeness (QED) is 0.275. The molecule has 0 bridgehead atoms. The van der Waals surface area contributed by atoms with Gasteiger partial charge in [-0.25, -0.2) is 15.0 Å². The lowest BCUT2D eigenvalue weighted by molar-refractivity contribution is 0.0398. The third kappa shape index (κ3) is 7.41. The summed E-state index contributed by atoms with van der Waals surface area (Å²) in [6.45, 7) is 11.1. The van der Waals surface area contributed by atoms with Crippen LogP contribution in [0.5, 0.6) is 11.6 Å². The Kier molecular flexibility index (Phi) is 9.12. The highest BCUT2D eigenvalue weighted by molar-refractivity contribution is 6.04. The fourth-order valence-electron chi connectivity index (χ4n) is 4.44. The van der Waals surface area contributed by atoms with Crippen molar-refractivity contribution in [2.75, 3.05) is 50.0 Å². The maximum absolute atomic E-state index is 13.1. The minimum absolute atomic E-state index is 0.220. The SMILES string of the molecule is Cc1ccc(C(=O)Nc2cccc(C(C)C)c2)cc1Oc1ncccc1-c1ncnc(NCCN2CCOCC2)n1. The maximum Gasteiger partial charge on any atom is 0.255 e. The summed E-state index contributed by atoms with van der Waals surface area (Å²) in [4.78, 5) is 33.1. The Bertz CT molecular complexity index is 1490. The smallest absolute Gasteiger partial charge is 0.255 e. The Balaban J connectivity index is 1.30. The number of ether oxygens (including phenoxy) is 2. The molecule has 0 atom stereocenters. The van der Waals surface area contributed by atoms with E-state index in [0.29, 0.717) is 47.0 Å². The summed E-state index contributed by atoms with van der Waals surface area (Å²) in [5, 5.41) is 6.27. The number of morpholine rings is 1. The Labute approximate surface area is 240 Å². The molecule has 0 spiro atoms. The average molecular weight is 554 g/mol. The van der Waals surface area contributed by atoms with Crippen LogP contribution in [0.15, 0.2) is 67.1 Å². The lowest BCUT2D eigenvalue weighted by atomic mass is 10.0. The standard InChI is InChI=1S/C31H35N7O3/c1-21(2)23-6-4-7-25(18-23)36-29(39)24-10-9-22(3)27(19-24)41-30-26(8-5-11-32-30)28-34-20-35-31(37-28)33-12-13-38-14-16-40-17-15-38/h4-11,18-21H,12-17H2,1-3H3,(H,36,39)(H,33,34,35,37). The second-order valence-corrected chi connectivity index (χ2v) is 10.2. The zero-order chi connectivity index (χ0) is 28.6. The molecule has 0 saturated carbocycles. The number of aryl methyl sites for hydroxylation is 1. The molecule has 1 amide bonds. The Morgan fingerprint density at radius 2 is 1.90 bits per heavy atom. The van der Waals surface area contributed by atoms with E-state index in [2.05, 4.69) is 55.4 Å². The minimum atomic E-state index is -0.220. The van der Waals surface area contributed by atoms with Gasteiger partial charge in [0.1, 0.15) is 12.1 Å². The average Bonchev–Trinajstić information content (AvgIpc) is 2.99. The van der Waals surface area contributed by atoms with Gasteiger partial charge in [0, 0.05) is 43.6 Å². The first-order chi connectivity index (χ1) is 20.0. The van der Waals surface area contributed by atoms with E-state index in [-0.39, 0.29) is 5.91 Å². The Hall–Kier alpha value is -4.41. The highest BCUT2D eigenvalue weighted by Crippen LogP contribution is 2.32. The molecule has 2 aromatic heterocycles. The first-order valence-corrected chi connectivity index (χ1v) is 13.8. The van der Waals surface area contributed by atoms with E-state index in [1.807, 2.05) is 37.3 Å². The molecule has 1 saturated heterocycles. The lowest BCUT2D eigenvalue weighted by Gasteiger charge is -2.26. The molecular formula is C31H35N7O3. The topological polar surface area (TPSA) is 114 Å². The van der Waals surface area contributed by atoms with Crippen LogP contribution in [0.4, 0.5) is 11.6 Å². The molecule has 0 unspecified atom stereocenters. The largest absolute Gasteiger partial charge is 0.438 e. The van der Waals surface area contributed by atoms with Gasteiger partial charge in [0.05, 0.1) is 18.8 Å². The predicted octanol–water partition coefficient (Wildman–Crippen LogP) is 5.15. The highest BCUT2D eigenvalue weighted by atomic mass is 16.5. The van der Waals surface area contributed by atoms with Gasteiger partial charge in [-0.15, -0.1) is 0 Å². The van der Waals surface area contributed by atoms with E-state index in [4.69, 9.17) is 9.47 Å². The van der Waals surface area contributed by atoms with Crippen molar-refractivity contribution >= 4 is 17.5 Å². The molecule has 2 aromatic carbocycles. The fraction of sp³-hybridized carbons (Fsp3) is 0.323. The van der Waals surface area contributed by atoms with Crippen molar-refractivity contribution in [1.29, 1.82) is 0 Å². The van der Waals surface area contributed by atoms with Gasteiger partial charge in [0.25, 0.3) is 5.91 Å². The van der Waals surface area contributed by atoms with E-state index < -0.39 is 0 Å². The first-order valence-electron chi connectivity index (χ1n) is 13.8. The van der Waals surface area contributed by atoms with Gasteiger partial charge < -0.3 is 20.1 Å². The van der Waals surface area contributed by atoms with Gasteiger partial charge in [0.15, 0.2) is 5.82 Å². The first kappa shape index (κ1) is 28.1. The van der Waals surface area contributed by atoms with E-state index >= 15 is 0 Å². The number of amides is 1. The highest BCUT2D eigenvalue weighted by Gasteiger charge is 2.16. The summed E-state index contributed by atoms with van der Waals surface area (Å²) in [7, 11) is 0. The summed E-state index contributed by atoms with van der Waals surface area (Å²) in [5.74, 6) is 1.92. The number of aromatic nitrogens is 4. The van der Waals surface area contributed by atoms with Crippen molar-refractivity contribution in [3.05, 3.63) is 83.8 Å². The molecule has 5 rings (SSSR count). The van der Waals surface area contributed by atoms with Crippen LogP contribution in [0, 0.1) is 6.92 Å². The maximum atomic E-state index is 13.1. The predicted molar refractivity (Wildman–Crippen MR) is 159 cm³/mol. The van der Waals surface area contributed by atoms with Crippen LogP contribution in [0.25, 0.3) is 11.4 Å². The molecule has 10 heteroatoms.